The van der Waals surface area contributed by atoms with Gasteiger partial charge in [-0.05, 0) is 83.5 Å². The second kappa shape index (κ2) is 8.99. The zero-order chi connectivity index (χ0) is 26.0. The molecule has 8 atom stereocenters. The van der Waals surface area contributed by atoms with Gasteiger partial charge in [0, 0.05) is 18.3 Å². The van der Waals surface area contributed by atoms with Gasteiger partial charge in [-0.3, -0.25) is 14.4 Å². The normalized spacial score (nSPS) is 44.1. The minimum atomic E-state index is -0.555. The Bertz CT molecular complexity index is 895. The molecule has 7 heteroatoms. The van der Waals surface area contributed by atoms with Gasteiger partial charge in [-0.15, -0.1) is 0 Å². The second-order valence-electron chi connectivity index (χ2n) is 13.6. The molecule has 36 heavy (non-hydrogen) atoms. The molecule has 7 rings (SSSR count). The first kappa shape index (κ1) is 26.0. The molecule has 6 saturated carbocycles. The van der Waals surface area contributed by atoms with Crippen LogP contribution in [0.15, 0.2) is 0 Å². The number of carbonyl (C=O) groups is 3. The van der Waals surface area contributed by atoms with Gasteiger partial charge in [-0.25, -0.2) is 0 Å². The summed E-state index contributed by atoms with van der Waals surface area (Å²) in [7, 11) is 0. The molecule has 202 valence electrons. The number of aliphatic hydroxyl groups is 1. The van der Waals surface area contributed by atoms with Crippen LogP contribution >= 0.6 is 0 Å². The molecule has 0 radical (unpaired) electrons. The van der Waals surface area contributed by atoms with Gasteiger partial charge in [0.2, 0.25) is 0 Å². The van der Waals surface area contributed by atoms with Crippen molar-refractivity contribution < 1.29 is 33.7 Å². The van der Waals surface area contributed by atoms with Crippen molar-refractivity contribution in [3.63, 3.8) is 0 Å². The average Bonchev–Trinajstić information content (AvgIpc) is 3.42. The molecular weight excluding hydrogens is 460 g/mol. The first-order chi connectivity index (χ1) is 16.9. The van der Waals surface area contributed by atoms with Crippen LogP contribution in [-0.2, 0) is 28.6 Å². The van der Waals surface area contributed by atoms with Crippen LogP contribution < -0.4 is 0 Å². The summed E-state index contributed by atoms with van der Waals surface area (Å²) in [5.41, 5.74) is -1.32. The quantitative estimate of drug-likeness (QED) is 0.418. The number of ether oxygens (including phenoxy) is 3. The van der Waals surface area contributed by atoms with Crippen LogP contribution in [0.1, 0.15) is 98.8 Å². The highest BCUT2D eigenvalue weighted by Gasteiger charge is 2.63. The molecule has 1 aliphatic heterocycles. The molecule has 7 nitrogen and oxygen atoms in total. The van der Waals surface area contributed by atoms with E-state index in [1.165, 1.54) is 6.42 Å². The van der Waals surface area contributed by atoms with Crippen LogP contribution in [0.3, 0.4) is 0 Å². The van der Waals surface area contributed by atoms with E-state index in [9.17, 15) is 19.5 Å². The van der Waals surface area contributed by atoms with Crippen LogP contribution in [0.4, 0.5) is 0 Å². The van der Waals surface area contributed by atoms with Gasteiger partial charge in [0.15, 0.2) is 0 Å². The van der Waals surface area contributed by atoms with E-state index in [1.807, 2.05) is 34.6 Å². The molecule has 1 N–H and O–H groups in total. The summed E-state index contributed by atoms with van der Waals surface area (Å²) >= 11 is 0. The Balaban J connectivity index is 0.000000149. The Morgan fingerprint density at radius 1 is 1.11 bits per heavy atom. The molecule has 0 spiro atoms. The third kappa shape index (κ3) is 4.48. The zero-order valence-electron chi connectivity index (χ0n) is 22.6. The summed E-state index contributed by atoms with van der Waals surface area (Å²) in [6.07, 6.45) is 8.74. The summed E-state index contributed by atoms with van der Waals surface area (Å²) in [5, 5.41) is 10.6. The maximum absolute atomic E-state index is 12.4. The summed E-state index contributed by atoms with van der Waals surface area (Å²) in [6.45, 7) is 9.76. The van der Waals surface area contributed by atoms with E-state index in [0.717, 1.165) is 51.4 Å². The predicted molar refractivity (Wildman–Crippen MR) is 131 cm³/mol. The van der Waals surface area contributed by atoms with E-state index in [2.05, 4.69) is 0 Å². The van der Waals surface area contributed by atoms with Crippen molar-refractivity contribution in [2.24, 2.45) is 40.9 Å². The average molecular weight is 505 g/mol. The van der Waals surface area contributed by atoms with Crippen molar-refractivity contribution in [1.29, 1.82) is 0 Å². The highest BCUT2D eigenvalue weighted by atomic mass is 16.6. The Hall–Kier alpha value is -1.63. The fraction of sp³-hybridized carbons (Fsp3) is 0.897. The Morgan fingerprint density at radius 2 is 1.78 bits per heavy atom. The Labute approximate surface area is 215 Å². The van der Waals surface area contributed by atoms with Crippen LogP contribution in [0.25, 0.3) is 0 Å². The van der Waals surface area contributed by atoms with Gasteiger partial charge in [-0.1, -0.05) is 20.8 Å². The number of esters is 3. The van der Waals surface area contributed by atoms with Gasteiger partial charge >= 0.3 is 17.9 Å². The van der Waals surface area contributed by atoms with Gasteiger partial charge in [0.05, 0.1) is 22.9 Å². The van der Waals surface area contributed by atoms with Gasteiger partial charge < -0.3 is 19.3 Å². The summed E-state index contributed by atoms with van der Waals surface area (Å²) in [6, 6.07) is 0. The van der Waals surface area contributed by atoms with Crippen molar-refractivity contribution in [3.05, 3.63) is 0 Å². The van der Waals surface area contributed by atoms with Crippen molar-refractivity contribution >= 4 is 17.9 Å². The van der Waals surface area contributed by atoms with Gasteiger partial charge in [-0.2, -0.15) is 0 Å². The second-order valence-corrected chi connectivity index (χ2v) is 13.6. The van der Waals surface area contributed by atoms with Crippen molar-refractivity contribution in [3.8, 4) is 0 Å². The molecule has 1 heterocycles. The monoisotopic (exact) mass is 504 g/mol. The molecule has 0 aromatic carbocycles. The highest BCUT2D eigenvalue weighted by molar-refractivity contribution is 5.77. The standard InChI is InChI=1S/C16H26O3.C13H18O4/c1-4-14(2,3)13(17)19-16-8-11-5-12(9-16)7-15(18,6-11)10-16;1-3-6(2)12(14)16-10-7-4-8-9(5-7)13(15)17-11(8)10/h11-12,18H,4-10H2,1-3H3;6-11H,3-5H2,1-2H3. The van der Waals surface area contributed by atoms with Crippen molar-refractivity contribution in [1.82, 2.24) is 0 Å². The molecule has 7 fully saturated rings. The van der Waals surface area contributed by atoms with Crippen LogP contribution in [-0.4, -0.2) is 46.4 Å². The Kier molecular flexibility index (Phi) is 6.49. The molecule has 0 amide bonds. The van der Waals surface area contributed by atoms with Crippen molar-refractivity contribution in [2.75, 3.05) is 0 Å². The lowest BCUT2D eigenvalue weighted by molar-refractivity contribution is -0.225. The van der Waals surface area contributed by atoms with Crippen LogP contribution in [0.5, 0.6) is 0 Å². The van der Waals surface area contributed by atoms with Crippen LogP contribution in [0.2, 0.25) is 0 Å². The first-order valence-corrected chi connectivity index (χ1v) is 14.2. The molecule has 0 aromatic heterocycles. The molecule has 1 saturated heterocycles. The third-order valence-corrected chi connectivity index (χ3v) is 10.4. The lowest BCUT2D eigenvalue weighted by atomic mass is 9.52. The van der Waals surface area contributed by atoms with E-state index < -0.39 is 11.0 Å². The molecular formula is C29H44O7. The predicted octanol–water partition coefficient (Wildman–Crippen LogP) is 4.58. The lowest BCUT2D eigenvalue weighted by Gasteiger charge is -2.59. The summed E-state index contributed by atoms with van der Waals surface area (Å²) < 4.78 is 16.9. The largest absolute Gasteiger partial charge is 0.459 e. The lowest BCUT2D eigenvalue weighted by Crippen LogP contribution is -2.61. The fourth-order valence-electron chi connectivity index (χ4n) is 8.21. The van der Waals surface area contributed by atoms with E-state index >= 15 is 0 Å². The zero-order valence-corrected chi connectivity index (χ0v) is 22.6. The van der Waals surface area contributed by atoms with E-state index in [0.29, 0.717) is 30.1 Å². The number of hydrogen-bond acceptors (Lipinski definition) is 7. The topological polar surface area (TPSA) is 99.1 Å². The number of carbonyl (C=O) groups excluding carboxylic acids is 3. The highest BCUT2D eigenvalue weighted by Crippen LogP contribution is 2.59. The molecule has 8 unspecified atom stereocenters. The van der Waals surface area contributed by atoms with Crippen molar-refractivity contribution in [2.45, 2.75) is 122 Å². The van der Waals surface area contributed by atoms with Gasteiger partial charge in [0.25, 0.3) is 0 Å². The third-order valence-electron chi connectivity index (χ3n) is 10.4. The maximum atomic E-state index is 12.4. The maximum Gasteiger partial charge on any atom is 0.312 e. The summed E-state index contributed by atoms with van der Waals surface area (Å²) in [5.74, 6) is 1.48. The van der Waals surface area contributed by atoms with E-state index in [4.69, 9.17) is 14.2 Å². The number of fused-ring (bicyclic) bond motifs is 1. The van der Waals surface area contributed by atoms with Crippen LogP contribution in [0, 0.1) is 40.9 Å². The first-order valence-electron chi connectivity index (χ1n) is 14.2. The smallest absolute Gasteiger partial charge is 0.312 e. The minimum absolute atomic E-state index is 0.0676. The molecule has 6 aliphatic carbocycles. The SMILES string of the molecule is CCC(C)(C)C(=O)OC12CC3CC(CC(O)(C3)C1)C2.CCC(C)C(=O)OC1C2CC3C(=O)OC1C3C2. The van der Waals surface area contributed by atoms with Gasteiger partial charge in [0.1, 0.15) is 17.8 Å². The number of hydrogen-bond donors (Lipinski definition) is 1. The fourth-order valence-corrected chi connectivity index (χ4v) is 8.21. The molecule has 6 bridgehead atoms. The molecule has 7 aliphatic rings. The summed E-state index contributed by atoms with van der Waals surface area (Å²) in [4.78, 5) is 35.7. The Morgan fingerprint density at radius 3 is 2.36 bits per heavy atom. The molecule has 0 aromatic rings. The van der Waals surface area contributed by atoms with E-state index in [-0.39, 0.29) is 47.6 Å². The minimum Gasteiger partial charge on any atom is -0.459 e. The van der Waals surface area contributed by atoms with E-state index in [1.54, 1.807) is 0 Å². The number of rotatable bonds is 6.